The zero-order chi connectivity index (χ0) is 9.84. The van der Waals surface area contributed by atoms with Crippen LogP contribution in [0, 0.1) is 0 Å². The third-order valence-corrected chi connectivity index (χ3v) is 1.82. The summed E-state index contributed by atoms with van der Waals surface area (Å²) >= 11 is 5.82. The smallest absolute Gasteiger partial charge is 0.308 e. The van der Waals surface area contributed by atoms with Gasteiger partial charge in [0.05, 0.1) is 0 Å². The summed E-state index contributed by atoms with van der Waals surface area (Å²) in [6, 6.07) is 5.30. The Morgan fingerprint density at radius 1 is 1.46 bits per heavy atom. The van der Waals surface area contributed by atoms with Crippen LogP contribution in [0.3, 0.4) is 0 Å². The van der Waals surface area contributed by atoms with Crippen LogP contribution in [-0.2, 0) is 11.2 Å². The Morgan fingerprint density at radius 3 is 2.69 bits per heavy atom. The number of aryl methyl sites for hydroxylation is 1. The lowest BCUT2D eigenvalue weighted by atomic mass is 10.2. The molecule has 1 rings (SSSR count). The van der Waals surface area contributed by atoms with E-state index in [0.717, 1.165) is 12.0 Å². The van der Waals surface area contributed by atoms with Crippen LogP contribution < -0.4 is 4.74 Å². The molecule has 0 saturated heterocycles. The normalized spacial score (nSPS) is 9.77. The lowest BCUT2D eigenvalue weighted by Gasteiger charge is -2.04. The van der Waals surface area contributed by atoms with Crippen LogP contribution in [0.25, 0.3) is 0 Å². The molecule has 0 saturated carbocycles. The number of benzene rings is 1. The molecular weight excluding hydrogens is 188 g/mol. The summed E-state index contributed by atoms with van der Waals surface area (Å²) in [6.07, 6.45) is 0.870. The van der Waals surface area contributed by atoms with Gasteiger partial charge < -0.3 is 4.74 Å². The summed E-state index contributed by atoms with van der Waals surface area (Å²) in [6.45, 7) is 3.38. The molecule has 70 valence electrons. The van der Waals surface area contributed by atoms with Crippen molar-refractivity contribution in [2.24, 2.45) is 0 Å². The fraction of sp³-hybridized carbons (Fsp3) is 0.300. The van der Waals surface area contributed by atoms with Crippen LogP contribution >= 0.6 is 11.6 Å². The second-order valence-electron chi connectivity index (χ2n) is 2.74. The predicted octanol–water partition coefficient (Wildman–Crippen LogP) is 2.83. The molecule has 0 aliphatic carbocycles. The largest absolute Gasteiger partial charge is 0.427 e. The first-order valence-electron chi connectivity index (χ1n) is 4.09. The third kappa shape index (κ3) is 3.07. The van der Waals surface area contributed by atoms with Gasteiger partial charge in [0.2, 0.25) is 0 Å². The summed E-state index contributed by atoms with van der Waals surface area (Å²) in [5, 5.41) is 0.593. The summed E-state index contributed by atoms with van der Waals surface area (Å²) < 4.78 is 4.91. The lowest BCUT2D eigenvalue weighted by molar-refractivity contribution is -0.131. The van der Waals surface area contributed by atoms with Gasteiger partial charge in [-0.2, -0.15) is 0 Å². The molecule has 0 heterocycles. The maximum Gasteiger partial charge on any atom is 0.308 e. The number of hydrogen-bond donors (Lipinski definition) is 0. The molecule has 0 fully saturated rings. The Balaban J connectivity index is 2.94. The Kier molecular flexibility index (Phi) is 3.32. The van der Waals surface area contributed by atoms with E-state index >= 15 is 0 Å². The summed E-state index contributed by atoms with van der Waals surface area (Å²) in [7, 11) is 0. The van der Waals surface area contributed by atoms with Crippen molar-refractivity contribution in [1.82, 2.24) is 0 Å². The monoisotopic (exact) mass is 198 g/mol. The third-order valence-electron chi connectivity index (χ3n) is 1.60. The van der Waals surface area contributed by atoms with Crippen LogP contribution in [0.4, 0.5) is 0 Å². The van der Waals surface area contributed by atoms with Gasteiger partial charge in [-0.3, -0.25) is 4.79 Å². The van der Waals surface area contributed by atoms with Crippen LogP contribution in [0.1, 0.15) is 19.4 Å². The molecule has 1 aromatic carbocycles. The van der Waals surface area contributed by atoms with Gasteiger partial charge >= 0.3 is 5.97 Å². The van der Waals surface area contributed by atoms with E-state index in [0.29, 0.717) is 10.8 Å². The van der Waals surface area contributed by atoms with Gasteiger partial charge in [-0.1, -0.05) is 18.5 Å². The van der Waals surface area contributed by atoms with Crippen molar-refractivity contribution in [3.05, 3.63) is 28.8 Å². The number of esters is 1. The minimum absolute atomic E-state index is 0.329. The van der Waals surface area contributed by atoms with Gasteiger partial charge in [-0.15, -0.1) is 0 Å². The summed E-state index contributed by atoms with van der Waals surface area (Å²) in [5.41, 5.74) is 1.06. The number of carbonyl (C=O) groups excluding carboxylic acids is 1. The first-order valence-corrected chi connectivity index (χ1v) is 4.47. The molecule has 1 aromatic rings. The molecule has 0 amide bonds. The first-order chi connectivity index (χ1) is 6.11. The van der Waals surface area contributed by atoms with E-state index in [1.54, 1.807) is 6.07 Å². The van der Waals surface area contributed by atoms with Crippen LogP contribution in [0.5, 0.6) is 5.75 Å². The first kappa shape index (κ1) is 10.1. The highest BCUT2D eigenvalue weighted by Crippen LogP contribution is 2.21. The second-order valence-corrected chi connectivity index (χ2v) is 3.18. The Bertz CT molecular complexity index is 321. The maximum absolute atomic E-state index is 10.7. The van der Waals surface area contributed by atoms with Crippen molar-refractivity contribution in [2.45, 2.75) is 20.3 Å². The van der Waals surface area contributed by atoms with E-state index in [1.807, 2.05) is 19.1 Å². The molecule has 0 aliphatic rings. The van der Waals surface area contributed by atoms with Gasteiger partial charge in [0.25, 0.3) is 0 Å². The van der Waals surface area contributed by atoms with Crippen molar-refractivity contribution in [1.29, 1.82) is 0 Å². The van der Waals surface area contributed by atoms with Gasteiger partial charge in [0, 0.05) is 11.9 Å². The summed E-state index contributed by atoms with van der Waals surface area (Å²) in [4.78, 5) is 10.7. The van der Waals surface area contributed by atoms with Crippen LogP contribution in [-0.4, -0.2) is 5.97 Å². The minimum atomic E-state index is -0.329. The van der Waals surface area contributed by atoms with Crippen LogP contribution in [0.15, 0.2) is 18.2 Å². The van der Waals surface area contributed by atoms with Gasteiger partial charge in [0.15, 0.2) is 0 Å². The molecule has 0 spiro atoms. The minimum Gasteiger partial charge on any atom is -0.427 e. The van der Waals surface area contributed by atoms with E-state index in [2.05, 4.69) is 0 Å². The molecule has 0 radical (unpaired) electrons. The standard InChI is InChI=1S/C10H11ClO2/c1-3-8-4-9(11)6-10(5-8)13-7(2)12/h4-6H,3H2,1-2H3. The molecule has 2 nitrogen and oxygen atoms in total. The highest BCUT2D eigenvalue weighted by Gasteiger charge is 2.01. The zero-order valence-electron chi connectivity index (χ0n) is 7.63. The van der Waals surface area contributed by atoms with Crippen LogP contribution in [0.2, 0.25) is 5.02 Å². The molecule has 0 N–H and O–H groups in total. The number of hydrogen-bond acceptors (Lipinski definition) is 2. The Labute approximate surface area is 82.5 Å². The zero-order valence-corrected chi connectivity index (χ0v) is 8.39. The highest BCUT2D eigenvalue weighted by molar-refractivity contribution is 6.30. The number of rotatable bonds is 2. The van der Waals surface area contributed by atoms with Crippen molar-refractivity contribution in [3.63, 3.8) is 0 Å². The fourth-order valence-corrected chi connectivity index (χ4v) is 1.30. The summed E-state index contributed by atoms with van der Waals surface area (Å²) in [5.74, 6) is 0.182. The molecule has 0 aromatic heterocycles. The second kappa shape index (κ2) is 4.28. The van der Waals surface area contributed by atoms with E-state index in [1.165, 1.54) is 6.92 Å². The lowest BCUT2D eigenvalue weighted by Crippen LogP contribution is -2.01. The average molecular weight is 199 g/mol. The average Bonchev–Trinajstić information content (AvgIpc) is 2.01. The molecular formula is C10H11ClO2. The molecule has 0 atom stereocenters. The highest BCUT2D eigenvalue weighted by atomic mass is 35.5. The van der Waals surface area contributed by atoms with Crippen molar-refractivity contribution in [3.8, 4) is 5.75 Å². The molecule has 0 unspecified atom stereocenters. The van der Waals surface area contributed by atoms with E-state index < -0.39 is 0 Å². The van der Waals surface area contributed by atoms with Gasteiger partial charge in [0.1, 0.15) is 5.75 Å². The molecule has 13 heavy (non-hydrogen) atoms. The number of ether oxygens (including phenoxy) is 1. The quantitative estimate of drug-likeness (QED) is 0.540. The van der Waals surface area contributed by atoms with Crippen molar-refractivity contribution < 1.29 is 9.53 Å². The SMILES string of the molecule is CCc1cc(Cl)cc(OC(C)=O)c1. The number of halogens is 1. The fourth-order valence-electron chi connectivity index (χ4n) is 1.05. The van der Waals surface area contributed by atoms with Crippen molar-refractivity contribution in [2.75, 3.05) is 0 Å². The molecule has 0 aliphatic heterocycles. The molecule has 0 bridgehead atoms. The predicted molar refractivity (Wildman–Crippen MR) is 52.1 cm³/mol. The van der Waals surface area contributed by atoms with Gasteiger partial charge in [-0.25, -0.2) is 0 Å². The van der Waals surface area contributed by atoms with E-state index in [4.69, 9.17) is 16.3 Å². The topological polar surface area (TPSA) is 26.3 Å². The Hall–Kier alpha value is -1.02. The molecule has 3 heteroatoms. The number of carbonyl (C=O) groups is 1. The van der Waals surface area contributed by atoms with E-state index in [9.17, 15) is 4.79 Å². The van der Waals surface area contributed by atoms with Gasteiger partial charge in [-0.05, 0) is 30.2 Å². The maximum atomic E-state index is 10.7. The van der Waals surface area contributed by atoms with E-state index in [-0.39, 0.29) is 5.97 Å². The Morgan fingerprint density at radius 2 is 2.15 bits per heavy atom. The van der Waals surface area contributed by atoms with Crippen molar-refractivity contribution >= 4 is 17.6 Å².